The van der Waals surface area contributed by atoms with Crippen molar-refractivity contribution >= 4 is 11.6 Å². The van der Waals surface area contributed by atoms with Gasteiger partial charge in [0, 0.05) is 24.7 Å². The van der Waals surface area contributed by atoms with E-state index in [1.807, 2.05) is 0 Å². The van der Waals surface area contributed by atoms with E-state index in [0.717, 1.165) is 12.8 Å². The van der Waals surface area contributed by atoms with Gasteiger partial charge in [-0.3, -0.25) is 14.9 Å². The first-order valence-corrected chi connectivity index (χ1v) is 6.33. The highest BCUT2D eigenvalue weighted by Crippen LogP contribution is 2.32. The zero-order valence-electron chi connectivity index (χ0n) is 10.5. The zero-order chi connectivity index (χ0) is 13.8. The Hall–Kier alpha value is -1.95. The maximum atomic E-state index is 11.9. The standard InChI is InChI=1S/C13H17N3O3/c14-8-12(10-4-5-10)15-13(17)7-9-2-1-3-11(6-9)16(18)19/h1-3,6,10,12H,4-5,7-8,14H2,(H,15,17). The molecule has 0 aliphatic heterocycles. The third-order valence-electron chi connectivity index (χ3n) is 3.28. The number of carbonyl (C=O) groups is 1. The summed E-state index contributed by atoms with van der Waals surface area (Å²) in [6, 6.07) is 6.16. The lowest BCUT2D eigenvalue weighted by Gasteiger charge is -2.15. The molecular formula is C13H17N3O3. The Labute approximate surface area is 111 Å². The van der Waals surface area contributed by atoms with Crippen LogP contribution in [0.1, 0.15) is 18.4 Å². The SMILES string of the molecule is NCC(NC(=O)Cc1cccc([N+](=O)[O-])c1)C1CC1. The van der Waals surface area contributed by atoms with Gasteiger partial charge in [0.1, 0.15) is 0 Å². The zero-order valence-corrected chi connectivity index (χ0v) is 10.5. The second kappa shape index (κ2) is 5.79. The first-order chi connectivity index (χ1) is 9.10. The third-order valence-corrected chi connectivity index (χ3v) is 3.28. The number of hydrogen-bond acceptors (Lipinski definition) is 4. The van der Waals surface area contributed by atoms with Crippen molar-refractivity contribution in [2.45, 2.75) is 25.3 Å². The average Bonchev–Trinajstić information content (AvgIpc) is 3.20. The number of nitrogens with zero attached hydrogens (tertiary/aromatic N) is 1. The van der Waals surface area contributed by atoms with Crippen LogP contribution >= 0.6 is 0 Å². The van der Waals surface area contributed by atoms with Crippen molar-refractivity contribution in [1.82, 2.24) is 5.32 Å². The van der Waals surface area contributed by atoms with Gasteiger partial charge in [-0.05, 0) is 24.3 Å². The Morgan fingerprint density at radius 1 is 1.53 bits per heavy atom. The first-order valence-electron chi connectivity index (χ1n) is 6.33. The molecule has 1 aliphatic rings. The van der Waals surface area contributed by atoms with Crippen molar-refractivity contribution in [3.05, 3.63) is 39.9 Å². The van der Waals surface area contributed by atoms with Crippen molar-refractivity contribution < 1.29 is 9.72 Å². The molecule has 0 saturated heterocycles. The molecule has 1 fully saturated rings. The van der Waals surface area contributed by atoms with Crippen LogP contribution in [-0.4, -0.2) is 23.4 Å². The summed E-state index contributed by atoms with van der Waals surface area (Å²) in [6.45, 7) is 0.436. The summed E-state index contributed by atoms with van der Waals surface area (Å²) in [4.78, 5) is 22.0. The fraction of sp³-hybridized carbons (Fsp3) is 0.462. The molecule has 6 nitrogen and oxygen atoms in total. The van der Waals surface area contributed by atoms with Gasteiger partial charge < -0.3 is 11.1 Å². The van der Waals surface area contributed by atoms with Crippen LogP contribution in [0.4, 0.5) is 5.69 Å². The van der Waals surface area contributed by atoms with Crippen molar-refractivity contribution in [3.63, 3.8) is 0 Å². The Morgan fingerprint density at radius 2 is 2.26 bits per heavy atom. The highest BCUT2D eigenvalue weighted by atomic mass is 16.6. The number of nitro benzene ring substituents is 1. The molecule has 0 radical (unpaired) electrons. The number of benzene rings is 1. The normalized spacial score (nSPS) is 15.8. The molecule has 0 heterocycles. The van der Waals surface area contributed by atoms with Crippen LogP contribution < -0.4 is 11.1 Å². The molecule has 6 heteroatoms. The lowest BCUT2D eigenvalue weighted by Crippen LogP contribution is -2.42. The minimum atomic E-state index is -0.464. The molecule has 0 spiro atoms. The van der Waals surface area contributed by atoms with Crippen LogP contribution in [0.2, 0.25) is 0 Å². The second-order valence-electron chi connectivity index (χ2n) is 4.85. The average molecular weight is 263 g/mol. The fourth-order valence-corrected chi connectivity index (χ4v) is 2.09. The van der Waals surface area contributed by atoms with Gasteiger partial charge >= 0.3 is 0 Å². The van der Waals surface area contributed by atoms with E-state index in [1.54, 1.807) is 12.1 Å². The van der Waals surface area contributed by atoms with Crippen LogP contribution in [0, 0.1) is 16.0 Å². The van der Waals surface area contributed by atoms with Crippen LogP contribution in [-0.2, 0) is 11.2 Å². The Morgan fingerprint density at radius 3 is 2.84 bits per heavy atom. The van der Waals surface area contributed by atoms with Gasteiger partial charge in [0.05, 0.1) is 11.3 Å². The van der Waals surface area contributed by atoms with E-state index in [0.29, 0.717) is 18.0 Å². The summed E-state index contributed by atoms with van der Waals surface area (Å²) in [7, 11) is 0. The van der Waals surface area contributed by atoms with Gasteiger partial charge in [0.15, 0.2) is 0 Å². The van der Waals surface area contributed by atoms with Gasteiger partial charge in [-0.1, -0.05) is 12.1 Å². The predicted octanol–water partition coefficient (Wildman–Crippen LogP) is 0.991. The van der Waals surface area contributed by atoms with Crippen LogP contribution in [0.3, 0.4) is 0 Å². The highest BCUT2D eigenvalue weighted by Gasteiger charge is 2.31. The van der Waals surface area contributed by atoms with Crippen molar-refractivity contribution in [1.29, 1.82) is 0 Å². The molecule has 19 heavy (non-hydrogen) atoms. The lowest BCUT2D eigenvalue weighted by molar-refractivity contribution is -0.384. The highest BCUT2D eigenvalue weighted by molar-refractivity contribution is 5.79. The molecular weight excluding hydrogens is 246 g/mol. The van der Waals surface area contributed by atoms with Gasteiger partial charge in [0.2, 0.25) is 5.91 Å². The number of nitro groups is 1. The molecule has 1 aromatic rings. The number of rotatable bonds is 6. The van der Waals surface area contributed by atoms with E-state index in [-0.39, 0.29) is 24.1 Å². The maximum absolute atomic E-state index is 11.9. The quantitative estimate of drug-likeness (QED) is 0.590. The van der Waals surface area contributed by atoms with Gasteiger partial charge in [-0.15, -0.1) is 0 Å². The van der Waals surface area contributed by atoms with E-state index in [1.165, 1.54) is 12.1 Å². The molecule has 1 saturated carbocycles. The van der Waals surface area contributed by atoms with E-state index in [9.17, 15) is 14.9 Å². The molecule has 1 amide bonds. The fourth-order valence-electron chi connectivity index (χ4n) is 2.09. The van der Waals surface area contributed by atoms with Gasteiger partial charge in [0.25, 0.3) is 5.69 Å². The summed E-state index contributed by atoms with van der Waals surface area (Å²) in [5.74, 6) is 0.363. The second-order valence-corrected chi connectivity index (χ2v) is 4.85. The first kappa shape index (κ1) is 13.5. The van der Waals surface area contributed by atoms with E-state index in [4.69, 9.17) is 5.73 Å². The van der Waals surface area contributed by atoms with Crippen molar-refractivity contribution in [2.75, 3.05) is 6.54 Å². The molecule has 1 atom stereocenters. The Kier molecular flexibility index (Phi) is 4.11. The number of nitrogens with two attached hydrogens (primary N) is 1. The minimum absolute atomic E-state index is 0.00266. The molecule has 0 bridgehead atoms. The van der Waals surface area contributed by atoms with Crippen LogP contribution in [0.15, 0.2) is 24.3 Å². The Bertz CT molecular complexity index is 486. The summed E-state index contributed by atoms with van der Waals surface area (Å²) in [5.41, 5.74) is 6.26. The number of carbonyl (C=O) groups excluding carboxylic acids is 1. The number of hydrogen-bond donors (Lipinski definition) is 2. The minimum Gasteiger partial charge on any atom is -0.352 e. The summed E-state index contributed by atoms with van der Waals surface area (Å²) in [5, 5.41) is 13.5. The van der Waals surface area contributed by atoms with E-state index < -0.39 is 4.92 Å². The van der Waals surface area contributed by atoms with Gasteiger partial charge in [-0.25, -0.2) is 0 Å². The van der Waals surface area contributed by atoms with Gasteiger partial charge in [-0.2, -0.15) is 0 Å². The smallest absolute Gasteiger partial charge is 0.269 e. The van der Waals surface area contributed by atoms with E-state index in [2.05, 4.69) is 5.32 Å². The van der Waals surface area contributed by atoms with Crippen molar-refractivity contribution in [2.24, 2.45) is 11.7 Å². The molecule has 3 N–H and O–H groups in total. The third kappa shape index (κ3) is 3.75. The largest absolute Gasteiger partial charge is 0.352 e. The number of amides is 1. The molecule has 1 aromatic carbocycles. The summed E-state index contributed by atoms with van der Waals surface area (Å²) < 4.78 is 0. The van der Waals surface area contributed by atoms with E-state index >= 15 is 0 Å². The summed E-state index contributed by atoms with van der Waals surface area (Å²) in [6.07, 6.45) is 2.36. The molecule has 1 unspecified atom stereocenters. The molecule has 102 valence electrons. The number of nitrogens with one attached hydrogen (secondary N) is 1. The van der Waals surface area contributed by atoms with Crippen molar-refractivity contribution in [3.8, 4) is 0 Å². The summed E-state index contributed by atoms with van der Waals surface area (Å²) >= 11 is 0. The lowest BCUT2D eigenvalue weighted by atomic mass is 10.1. The monoisotopic (exact) mass is 263 g/mol. The van der Waals surface area contributed by atoms with Crippen LogP contribution in [0.5, 0.6) is 0 Å². The van der Waals surface area contributed by atoms with Crippen LogP contribution in [0.25, 0.3) is 0 Å². The maximum Gasteiger partial charge on any atom is 0.269 e. The Balaban J connectivity index is 1.94. The molecule has 1 aliphatic carbocycles. The molecule has 0 aromatic heterocycles. The predicted molar refractivity (Wildman–Crippen MR) is 70.5 cm³/mol. The topological polar surface area (TPSA) is 98.3 Å². The molecule has 2 rings (SSSR count). The number of non-ortho nitro benzene ring substituents is 1.